The van der Waals surface area contributed by atoms with Gasteiger partial charge < -0.3 is 15.4 Å². The van der Waals surface area contributed by atoms with Crippen molar-refractivity contribution in [2.24, 2.45) is 5.92 Å². The van der Waals surface area contributed by atoms with E-state index in [1.165, 1.54) is 0 Å². The van der Waals surface area contributed by atoms with Crippen molar-refractivity contribution in [3.05, 3.63) is 0 Å². The number of aliphatic carboxylic acids is 1. The van der Waals surface area contributed by atoms with E-state index in [-0.39, 0.29) is 11.3 Å². The van der Waals surface area contributed by atoms with Crippen molar-refractivity contribution in [2.45, 2.75) is 34.1 Å². The van der Waals surface area contributed by atoms with Gasteiger partial charge in [-0.25, -0.2) is 0 Å². The fourth-order valence-electron chi connectivity index (χ4n) is 0.575. The molecule has 0 saturated heterocycles. The Morgan fingerprint density at radius 2 is 1.50 bits per heavy atom. The van der Waals surface area contributed by atoms with Crippen molar-refractivity contribution in [3.8, 4) is 0 Å². The number of carboxylic acids is 1. The van der Waals surface area contributed by atoms with Gasteiger partial charge in [-0.05, 0) is 12.8 Å². The highest BCUT2D eigenvalue weighted by Gasteiger charge is 1.95. The molecule has 0 aliphatic heterocycles. The van der Waals surface area contributed by atoms with Crippen LogP contribution >= 0.6 is 0 Å². The average Bonchev–Trinajstić information content (AvgIpc) is 1.56. The van der Waals surface area contributed by atoms with Crippen molar-refractivity contribution < 1.29 is 20.2 Å². The van der Waals surface area contributed by atoms with E-state index in [0.717, 1.165) is 13.3 Å². The lowest BCUT2D eigenvalue weighted by Gasteiger charge is -1.95. The number of carbonyl (C=O) groups excluding carboxylic acids is 1. The van der Waals surface area contributed by atoms with E-state index in [9.17, 15) is 4.79 Å². The highest BCUT2D eigenvalue weighted by molar-refractivity contribution is 5.75. The molecule has 0 saturated carbocycles. The lowest BCUT2D eigenvalue weighted by molar-refractivity contribution is -0.134. The number of carbonyl (C=O) groups is 2. The van der Waals surface area contributed by atoms with Crippen LogP contribution in [0.4, 0.5) is 0 Å². The van der Waals surface area contributed by atoms with Gasteiger partial charge in [-0.2, -0.15) is 0 Å². The fourth-order valence-corrected chi connectivity index (χ4v) is 0.575. The third kappa shape index (κ3) is 62.1. The van der Waals surface area contributed by atoms with Gasteiger partial charge in [0.2, 0.25) is 0 Å². The van der Waals surface area contributed by atoms with Crippen LogP contribution in [0.25, 0.3) is 0 Å². The van der Waals surface area contributed by atoms with Crippen molar-refractivity contribution in [3.63, 3.8) is 0 Å². The third-order valence-corrected chi connectivity index (χ3v) is 0.696. The molecule has 0 fully saturated rings. The first-order valence-corrected chi connectivity index (χ1v) is 3.55. The Morgan fingerprint density at radius 3 is 1.50 bits per heavy atom. The molecule has 0 amide bonds. The van der Waals surface area contributed by atoms with E-state index in [4.69, 9.17) is 9.90 Å². The fraction of sp³-hybridized carbons (Fsp3) is 0.750. The zero-order valence-corrected chi connectivity index (χ0v) is 8.05. The molecular formula is C8H18O4. The summed E-state index contributed by atoms with van der Waals surface area (Å²) >= 11 is 0. The van der Waals surface area contributed by atoms with Gasteiger partial charge in [0.15, 0.2) is 0 Å². The highest BCUT2D eigenvalue weighted by atomic mass is 16.4. The molecule has 0 aliphatic rings. The summed E-state index contributed by atoms with van der Waals surface area (Å²) in [6.07, 6.45) is 0.722. The summed E-state index contributed by atoms with van der Waals surface area (Å²) in [6, 6.07) is 0. The second kappa shape index (κ2) is 10.1. The number of rotatable bonds is 2. The molecule has 0 aromatic carbocycles. The lowest BCUT2D eigenvalue weighted by atomic mass is 10.1. The Bertz CT molecular complexity index is 125. The number of carboxylic acid groups (broad SMARTS) is 1. The van der Waals surface area contributed by atoms with Crippen LogP contribution in [0.1, 0.15) is 34.1 Å². The molecule has 74 valence electrons. The summed E-state index contributed by atoms with van der Waals surface area (Å²) in [6.45, 7) is 6.79. The SMILES string of the molecule is CC(=O)CC(C)C.CC(=O)O.O. The molecule has 0 atom stereocenters. The summed E-state index contributed by atoms with van der Waals surface area (Å²) in [5, 5.41) is 7.42. The highest BCUT2D eigenvalue weighted by Crippen LogP contribution is 1.97. The van der Waals surface area contributed by atoms with Crippen LogP contribution in [0, 0.1) is 5.92 Å². The molecule has 0 aliphatic carbocycles. The van der Waals surface area contributed by atoms with Gasteiger partial charge >= 0.3 is 0 Å². The van der Waals surface area contributed by atoms with E-state index in [1.807, 2.05) is 13.8 Å². The summed E-state index contributed by atoms with van der Waals surface area (Å²) in [7, 11) is 0. The van der Waals surface area contributed by atoms with E-state index >= 15 is 0 Å². The third-order valence-electron chi connectivity index (χ3n) is 0.696. The number of Topliss-reactive ketones (excluding diaryl/α,β-unsaturated/α-hetero) is 1. The summed E-state index contributed by atoms with van der Waals surface area (Å²) in [5.74, 6) is -0.0208. The van der Waals surface area contributed by atoms with Gasteiger partial charge in [0.05, 0.1) is 0 Å². The molecule has 0 unspecified atom stereocenters. The molecule has 4 nitrogen and oxygen atoms in total. The number of ketones is 1. The lowest BCUT2D eigenvalue weighted by Crippen LogP contribution is -1.95. The van der Waals surface area contributed by atoms with Gasteiger partial charge in [0.1, 0.15) is 5.78 Å². The normalized spacial score (nSPS) is 7.75. The smallest absolute Gasteiger partial charge is 0.300 e. The molecule has 4 heteroatoms. The van der Waals surface area contributed by atoms with E-state index < -0.39 is 5.97 Å². The quantitative estimate of drug-likeness (QED) is 0.681. The first-order valence-electron chi connectivity index (χ1n) is 3.55. The van der Waals surface area contributed by atoms with Crippen LogP contribution in [0.5, 0.6) is 0 Å². The van der Waals surface area contributed by atoms with Crippen LogP contribution in [0.3, 0.4) is 0 Å². The molecule has 0 spiro atoms. The van der Waals surface area contributed by atoms with Crippen LogP contribution in [-0.2, 0) is 9.59 Å². The van der Waals surface area contributed by atoms with Gasteiger partial charge in [-0.3, -0.25) is 4.79 Å². The monoisotopic (exact) mass is 178 g/mol. The largest absolute Gasteiger partial charge is 0.481 e. The minimum atomic E-state index is -0.833. The molecular weight excluding hydrogens is 160 g/mol. The Hall–Kier alpha value is -0.900. The maximum Gasteiger partial charge on any atom is 0.300 e. The minimum Gasteiger partial charge on any atom is -0.481 e. The molecule has 0 radical (unpaired) electrons. The minimum absolute atomic E-state index is 0. The van der Waals surface area contributed by atoms with Crippen LogP contribution < -0.4 is 0 Å². The van der Waals surface area contributed by atoms with Crippen molar-refractivity contribution >= 4 is 11.8 Å². The standard InChI is InChI=1S/C6H12O.C2H4O2.H2O/c1-5(2)4-6(3)7;1-2(3)4;/h5H,4H2,1-3H3;1H3,(H,3,4);1H2. The van der Waals surface area contributed by atoms with Crippen molar-refractivity contribution in [1.29, 1.82) is 0 Å². The molecule has 0 bridgehead atoms. The van der Waals surface area contributed by atoms with Crippen molar-refractivity contribution in [1.82, 2.24) is 0 Å². The molecule has 3 N–H and O–H groups in total. The Labute approximate surface area is 72.9 Å². The predicted molar refractivity (Wildman–Crippen MR) is 47.1 cm³/mol. The van der Waals surface area contributed by atoms with Gasteiger partial charge in [-0.1, -0.05) is 13.8 Å². The second-order valence-electron chi connectivity index (χ2n) is 2.82. The Balaban J connectivity index is -0.000000142. The van der Waals surface area contributed by atoms with E-state index in [1.54, 1.807) is 6.92 Å². The molecule has 0 aromatic heterocycles. The topological polar surface area (TPSA) is 85.9 Å². The molecule has 0 heterocycles. The predicted octanol–water partition coefficient (Wildman–Crippen LogP) is 0.888. The van der Waals surface area contributed by atoms with E-state index in [0.29, 0.717) is 5.92 Å². The maximum atomic E-state index is 10.3. The number of hydrogen-bond acceptors (Lipinski definition) is 2. The zero-order chi connectivity index (χ0) is 9.44. The first kappa shape index (κ1) is 17.3. The van der Waals surface area contributed by atoms with Crippen LogP contribution in [-0.4, -0.2) is 22.3 Å². The molecule has 0 aromatic rings. The molecule has 0 rings (SSSR count). The molecule has 12 heavy (non-hydrogen) atoms. The Morgan fingerprint density at radius 1 is 1.25 bits per heavy atom. The average molecular weight is 178 g/mol. The van der Waals surface area contributed by atoms with Crippen LogP contribution in [0.15, 0.2) is 0 Å². The van der Waals surface area contributed by atoms with E-state index in [2.05, 4.69) is 0 Å². The zero-order valence-electron chi connectivity index (χ0n) is 8.05. The summed E-state index contributed by atoms with van der Waals surface area (Å²) in [4.78, 5) is 19.3. The maximum absolute atomic E-state index is 10.3. The van der Waals surface area contributed by atoms with Crippen molar-refractivity contribution in [2.75, 3.05) is 0 Å². The van der Waals surface area contributed by atoms with Gasteiger partial charge in [-0.15, -0.1) is 0 Å². The number of hydrogen-bond donors (Lipinski definition) is 1. The van der Waals surface area contributed by atoms with Gasteiger partial charge in [0, 0.05) is 13.3 Å². The summed E-state index contributed by atoms with van der Waals surface area (Å²) in [5.41, 5.74) is 0. The first-order chi connectivity index (χ1) is 4.86. The van der Waals surface area contributed by atoms with Crippen LogP contribution in [0.2, 0.25) is 0 Å². The second-order valence-corrected chi connectivity index (χ2v) is 2.82. The van der Waals surface area contributed by atoms with Gasteiger partial charge in [0.25, 0.3) is 5.97 Å². The Kier molecular flexibility index (Phi) is 14.5. The summed E-state index contributed by atoms with van der Waals surface area (Å²) < 4.78 is 0.